The van der Waals surface area contributed by atoms with Gasteiger partial charge in [0.25, 0.3) is 0 Å². The molecule has 96 valence electrons. The molecule has 5 heteroatoms. The van der Waals surface area contributed by atoms with Gasteiger partial charge < -0.3 is 19.5 Å². The van der Waals surface area contributed by atoms with E-state index in [0.717, 1.165) is 19.4 Å². The quantitative estimate of drug-likeness (QED) is 0.530. The van der Waals surface area contributed by atoms with E-state index in [1.165, 1.54) is 0 Å². The van der Waals surface area contributed by atoms with Gasteiger partial charge in [0, 0.05) is 33.8 Å². The zero-order valence-corrected chi connectivity index (χ0v) is 10.3. The molecule has 0 unspecified atom stereocenters. The number of carbonyl (C=O) groups excluding carboxylic acids is 1. The third-order valence-electron chi connectivity index (χ3n) is 2.01. The minimum Gasteiger partial charge on any atom is -0.382 e. The topological polar surface area (TPSA) is 56.8 Å². The van der Waals surface area contributed by atoms with E-state index in [1.807, 2.05) is 0 Å². The molecule has 0 aliphatic rings. The lowest BCUT2D eigenvalue weighted by molar-refractivity contribution is -0.121. The first-order valence-electron chi connectivity index (χ1n) is 5.66. The van der Waals surface area contributed by atoms with Gasteiger partial charge in [0.15, 0.2) is 0 Å². The first-order chi connectivity index (χ1) is 7.81. The fourth-order valence-corrected chi connectivity index (χ4v) is 1.04. The highest BCUT2D eigenvalue weighted by Crippen LogP contribution is 1.92. The number of unbranched alkanes of at least 4 members (excludes halogenated alkanes) is 1. The second-order valence-corrected chi connectivity index (χ2v) is 3.35. The van der Waals surface area contributed by atoms with E-state index in [0.29, 0.717) is 32.8 Å². The maximum absolute atomic E-state index is 10.8. The Bertz CT molecular complexity index is 164. The van der Waals surface area contributed by atoms with Crippen LogP contribution in [0.25, 0.3) is 0 Å². The molecule has 0 aromatic heterocycles. The van der Waals surface area contributed by atoms with Crippen molar-refractivity contribution in [3.05, 3.63) is 0 Å². The average Bonchev–Trinajstić information content (AvgIpc) is 2.31. The van der Waals surface area contributed by atoms with Gasteiger partial charge in [0.05, 0.1) is 19.8 Å². The number of hydrogen-bond donors (Lipinski definition) is 1. The van der Waals surface area contributed by atoms with Gasteiger partial charge in [-0.1, -0.05) is 0 Å². The lowest BCUT2D eigenvalue weighted by atomic mass is 10.3. The highest BCUT2D eigenvalue weighted by Gasteiger charge is 1.96. The molecule has 0 radical (unpaired) electrons. The van der Waals surface area contributed by atoms with Gasteiger partial charge in [0.1, 0.15) is 0 Å². The number of methoxy groups -OCH3 is 1. The Balaban J connectivity index is 2.96. The molecule has 0 aromatic rings. The largest absolute Gasteiger partial charge is 0.382 e. The summed E-state index contributed by atoms with van der Waals surface area (Å²) in [6, 6.07) is 0. The zero-order chi connectivity index (χ0) is 12.1. The summed E-state index contributed by atoms with van der Waals surface area (Å²) in [6.45, 7) is 3.20. The zero-order valence-electron chi connectivity index (χ0n) is 10.3. The normalized spacial score (nSPS) is 10.4. The summed E-state index contributed by atoms with van der Waals surface area (Å²) in [5.41, 5.74) is 0. The molecule has 16 heavy (non-hydrogen) atoms. The first kappa shape index (κ1) is 15.3. The molecule has 0 rings (SSSR count). The maximum atomic E-state index is 10.8. The Morgan fingerprint density at radius 3 is 2.19 bits per heavy atom. The first-order valence-corrected chi connectivity index (χ1v) is 5.66. The van der Waals surface area contributed by atoms with E-state index in [1.54, 1.807) is 14.2 Å². The van der Waals surface area contributed by atoms with Crippen molar-refractivity contribution in [3.63, 3.8) is 0 Å². The number of carbonyl (C=O) groups is 1. The molecule has 0 aliphatic heterocycles. The number of amides is 1. The van der Waals surface area contributed by atoms with E-state index in [4.69, 9.17) is 14.2 Å². The predicted octanol–water partition coefficient (Wildman–Crippen LogP) is 0.582. The summed E-state index contributed by atoms with van der Waals surface area (Å²) in [7, 11) is 3.28. The van der Waals surface area contributed by atoms with Crippen LogP contribution in [-0.2, 0) is 19.0 Å². The van der Waals surface area contributed by atoms with E-state index >= 15 is 0 Å². The summed E-state index contributed by atoms with van der Waals surface area (Å²) in [5.74, 6) is 0.0166. The molecule has 0 fully saturated rings. The Kier molecular flexibility index (Phi) is 11.9. The maximum Gasteiger partial charge on any atom is 0.222 e. The lowest BCUT2D eigenvalue weighted by Gasteiger charge is -2.04. The van der Waals surface area contributed by atoms with Crippen molar-refractivity contribution >= 4 is 5.91 Å². The summed E-state index contributed by atoms with van der Waals surface area (Å²) >= 11 is 0. The summed E-state index contributed by atoms with van der Waals surface area (Å²) in [5, 5.41) is 2.54. The highest BCUT2D eigenvalue weighted by atomic mass is 16.5. The average molecular weight is 233 g/mol. The van der Waals surface area contributed by atoms with Crippen molar-refractivity contribution < 1.29 is 19.0 Å². The van der Waals surface area contributed by atoms with E-state index in [2.05, 4.69) is 5.32 Å². The third kappa shape index (κ3) is 11.4. The molecule has 0 spiro atoms. The van der Waals surface area contributed by atoms with Gasteiger partial charge in [-0.25, -0.2) is 0 Å². The fraction of sp³-hybridized carbons (Fsp3) is 0.909. The number of hydrogen-bond acceptors (Lipinski definition) is 4. The standard InChI is InChI=1S/C11H23NO4/c1-12-11(13)5-8-15-6-3-4-7-16-10-9-14-2/h3-10H2,1-2H3,(H,12,13). The molecule has 0 bridgehead atoms. The van der Waals surface area contributed by atoms with Crippen LogP contribution in [0.4, 0.5) is 0 Å². The number of rotatable bonds is 11. The molecular formula is C11H23NO4. The summed E-state index contributed by atoms with van der Waals surface area (Å²) in [4.78, 5) is 10.8. The molecule has 1 amide bonds. The Hall–Kier alpha value is -0.650. The van der Waals surface area contributed by atoms with Gasteiger partial charge >= 0.3 is 0 Å². The minimum atomic E-state index is 0.0166. The van der Waals surface area contributed by atoms with Crippen LogP contribution in [0.2, 0.25) is 0 Å². The minimum absolute atomic E-state index is 0.0166. The molecule has 0 saturated carbocycles. The van der Waals surface area contributed by atoms with Crippen molar-refractivity contribution in [2.45, 2.75) is 19.3 Å². The van der Waals surface area contributed by atoms with Crippen molar-refractivity contribution in [2.75, 3.05) is 47.2 Å². The van der Waals surface area contributed by atoms with Gasteiger partial charge in [-0.15, -0.1) is 0 Å². The van der Waals surface area contributed by atoms with Crippen molar-refractivity contribution in [3.8, 4) is 0 Å². The molecule has 0 aliphatic carbocycles. The molecule has 0 heterocycles. The lowest BCUT2D eigenvalue weighted by Crippen LogP contribution is -2.19. The second-order valence-electron chi connectivity index (χ2n) is 3.35. The van der Waals surface area contributed by atoms with Crippen LogP contribution < -0.4 is 5.32 Å². The van der Waals surface area contributed by atoms with Crippen LogP contribution in [0, 0.1) is 0 Å². The van der Waals surface area contributed by atoms with Gasteiger partial charge in [-0.05, 0) is 12.8 Å². The van der Waals surface area contributed by atoms with Crippen molar-refractivity contribution in [2.24, 2.45) is 0 Å². The highest BCUT2D eigenvalue weighted by molar-refractivity contribution is 5.75. The van der Waals surface area contributed by atoms with Crippen LogP contribution in [0.3, 0.4) is 0 Å². The molecule has 0 atom stereocenters. The number of ether oxygens (including phenoxy) is 3. The van der Waals surface area contributed by atoms with Gasteiger partial charge in [-0.2, -0.15) is 0 Å². The monoisotopic (exact) mass is 233 g/mol. The Morgan fingerprint density at radius 2 is 1.62 bits per heavy atom. The van der Waals surface area contributed by atoms with E-state index in [-0.39, 0.29) is 5.91 Å². The SMILES string of the molecule is CNC(=O)CCOCCCCOCCOC. The van der Waals surface area contributed by atoms with Crippen LogP contribution in [-0.4, -0.2) is 53.1 Å². The van der Waals surface area contributed by atoms with Crippen LogP contribution >= 0.6 is 0 Å². The van der Waals surface area contributed by atoms with Crippen LogP contribution in [0.1, 0.15) is 19.3 Å². The van der Waals surface area contributed by atoms with Gasteiger partial charge in [-0.3, -0.25) is 4.79 Å². The number of nitrogens with one attached hydrogen (secondary N) is 1. The Morgan fingerprint density at radius 1 is 1.00 bits per heavy atom. The molecular weight excluding hydrogens is 210 g/mol. The molecule has 0 aromatic carbocycles. The Labute approximate surface area is 97.4 Å². The molecule has 0 saturated heterocycles. The summed E-state index contributed by atoms with van der Waals surface area (Å²) < 4.78 is 15.4. The molecule has 1 N–H and O–H groups in total. The summed E-state index contributed by atoms with van der Waals surface area (Å²) in [6.07, 6.45) is 2.37. The fourth-order valence-electron chi connectivity index (χ4n) is 1.04. The van der Waals surface area contributed by atoms with Crippen LogP contribution in [0.5, 0.6) is 0 Å². The predicted molar refractivity (Wildman–Crippen MR) is 61.4 cm³/mol. The third-order valence-corrected chi connectivity index (χ3v) is 2.01. The van der Waals surface area contributed by atoms with Gasteiger partial charge in [0.2, 0.25) is 5.91 Å². The molecule has 5 nitrogen and oxygen atoms in total. The van der Waals surface area contributed by atoms with E-state index in [9.17, 15) is 4.79 Å². The van der Waals surface area contributed by atoms with Crippen LogP contribution in [0.15, 0.2) is 0 Å². The van der Waals surface area contributed by atoms with E-state index < -0.39 is 0 Å². The smallest absolute Gasteiger partial charge is 0.222 e. The van der Waals surface area contributed by atoms with Crippen molar-refractivity contribution in [1.29, 1.82) is 0 Å². The van der Waals surface area contributed by atoms with Crippen molar-refractivity contribution in [1.82, 2.24) is 5.32 Å². The second kappa shape index (κ2) is 12.4.